The smallest absolute Gasteiger partial charge is 0.271 e. The molecule has 8 nitrogen and oxygen atoms in total. The SMILES string of the molecule is COc1ccc([N+](=O)[O-])cc1S(=O)(=O)NC(CN)C1CCCC1.Cl. The van der Waals surface area contributed by atoms with Gasteiger partial charge in [0.05, 0.1) is 12.0 Å². The molecular weight excluding hydrogens is 358 g/mol. The van der Waals surface area contributed by atoms with Crippen molar-refractivity contribution in [3.05, 3.63) is 28.3 Å². The van der Waals surface area contributed by atoms with Crippen LogP contribution in [-0.4, -0.2) is 33.0 Å². The Morgan fingerprint density at radius 3 is 2.54 bits per heavy atom. The number of benzene rings is 1. The highest BCUT2D eigenvalue weighted by Crippen LogP contribution is 2.31. The van der Waals surface area contributed by atoms with E-state index in [4.69, 9.17) is 10.5 Å². The molecule has 1 unspecified atom stereocenters. The van der Waals surface area contributed by atoms with Crippen LogP contribution in [0.1, 0.15) is 25.7 Å². The topological polar surface area (TPSA) is 125 Å². The Morgan fingerprint density at radius 2 is 2.04 bits per heavy atom. The Balaban J connectivity index is 0.00000288. The van der Waals surface area contributed by atoms with Crippen molar-refractivity contribution < 1.29 is 18.1 Å². The maximum Gasteiger partial charge on any atom is 0.271 e. The highest BCUT2D eigenvalue weighted by atomic mass is 35.5. The van der Waals surface area contributed by atoms with Crippen LogP contribution in [0, 0.1) is 16.0 Å². The zero-order valence-corrected chi connectivity index (χ0v) is 14.9. The molecule has 1 atom stereocenters. The van der Waals surface area contributed by atoms with Gasteiger partial charge in [0.2, 0.25) is 10.0 Å². The van der Waals surface area contributed by atoms with Crippen LogP contribution in [0.25, 0.3) is 0 Å². The summed E-state index contributed by atoms with van der Waals surface area (Å²) in [7, 11) is -2.65. The number of rotatable bonds is 7. The second-order valence-corrected chi connectivity index (χ2v) is 7.28. The van der Waals surface area contributed by atoms with Crippen LogP contribution in [0.15, 0.2) is 23.1 Å². The minimum atomic E-state index is -3.97. The molecule has 0 bridgehead atoms. The van der Waals surface area contributed by atoms with E-state index < -0.39 is 14.9 Å². The van der Waals surface area contributed by atoms with Crippen LogP contribution < -0.4 is 15.2 Å². The van der Waals surface area contributed by atoms with Gasteiger partial charge >= 0.3 is 0 Å². The number of sulfonamides is 1. The summed E-state index contributed by atoms with van der Waals surface area (Å²) in [5.74, 6) is 0.254. The van der Waals surface area contributed by atoms with Gasteiger partial charge in [-0.1, -0.05) is 12.8 Å². The Hall–Kier alpha value is -1.42. The van der Waals surface area contributed by atoms with Gasteiger partial charge < -0.3 is 10.5 Å². The molecule has 1 fully saturated rings. The predicted octanol–water partition coefficient (Wildman–Crippen LogP) is 1.82. The van der Waals surface area contributed by atoms with E-state index in [1.54, 1.807) is 0 Å². The summed E-state index contributed by atoms with van der Waals surface area (Å²) in [6.07, 6.45) is 3.97. The lowest BCUT2D eigenvalue weighted by Gasteiger charge is -2.23. The van der Waals surface area contributed by atoms with E-state index in [1.807, 2.05) is 0 Å². The number of non-ortho nitro benzene ring substituents is 1. The Kier molecular flexibility index (Phi) is 7.40. The van der Waals surface area contributed by atoms with Crippen LogP contribution in [-0.2, 0) is 10.0 Å². The summed E-state index contributed by atoms with van der Waals surface area (Å²) in [6.45, 7) is 0.182. The maximum absolute atomic E-state index is 12.6. The fraction of sp³-hybridized carbons (Fsp3) is 0.571. The van der Waals surface area contributed by atoms with Crippen molar-refractivity contribution in [1.82, 2.24) is 4.72 Å². The predicted molar refractivity (Wildman–Crippen MR) is 92.0 cm³/mol. The van der Waals surface area contributed by atoms with Gasteiger partial charge in [-0.3, -0.25) is 10.1 Å². The number of nitrogens with zero attached hydrogens (tertiary/aromatic N) is 1. The molecule has 0 heterocycles. The molecule has 2 rings (SSSR count). The van der Waals surface area contributed by atoms with Gasteiger partial charge in [-0.05, 0) is 24.8 Å². The van der Waals surface area contributed by atoms with E-state index in [9.17, 15) is 18.5 Å². The van der Waals surface area contributed by atoms with E-state index >= 15 is 0 Å². The van der Waals surface area contributed by atoms with Crippen molar-refractivity contribution in [2.75, 3.05) is 13.7 Å². The zero-order chi connectivity index (χ0) is 17.0. The van der Waals surface area contributed by atoms with Crippen molar-refractivity contribution >= 4 is 28.1 Å². The van der Waals surface area contributed by atoms with E-state index in [2.05, 4.69) is 4.72 Å². The summed E-state index contributed by atoms with van der Waals surface area (Å²) in [5, 5.41) is 10.9. The van der Waals surface area contributed by atoms with Gasteiger partial charge in [-0.2, -0.15) is 0 Å². The van der Waals surface area contributed by atoms with Crippen molar-refractivity contribution in [2.24, 2.45) is 11.7 Å². The summed E-state index contributed by atoms with van der Waals surface area (Å²) in [4.78, 5) is 10.0. The van der Waals surface area contributed by atoms with Crippen molar-refractivity contribution in [1.29, 1.82) is 0 Å². The van der Waals surface area contributed by atoms with Crippen LogP contribution in [0.5, 0.6) is 5.75 Å². The number of methoxy groups -OCH3 is 1. The lowest BCUT2D eigenvalue weighted by molar-refractivity contribution is -0.385. The molecule has 1 aromatic carbocycles. The van der Waals surface area contributed by atoms with Crippen molar-refractivity contribution in [3.63, 3.8) is 0 Å². The molecule has 0 aromatic heterocycles. The number of nitro groups is 1. The Morgan fingerprint density at radius 1 is 1.42 bits per heavy atom. The van der Waals surface area contributed by atoms with E-state index in [0.717, 1.165) is 31.7 Å². The first kappa shape index (κ1) is 20.6. The van der Waals surface area contributed by atoms with Crippen molar-refractivity contribution in [3.8, 4) is 5.75 Å². The van der Waals surface area contributed by atoms with E-state index in [-0.39, 0.29) is 47.2 Å². The minimum Gasteiger partial charge on any atom is -0.495 e. The molecule has 0 spiro atoms. The minimum absolute atomic E-state index is 0. The van der Waals surface area contributed by atoms with Crippen LogP contribution in [0.4, 0.5) is 5.69 Å². The number of nitro benzene ring substituents is 1. The fourth-order valence-electron chi connectivity index (χ4n) is 2.95. The molecule has 0 radical (unpaired) electrons. The first-order valence-corrected chi connectivity index (χ1v) is 8.92. The van der Waals surface area contributed by atoms with Gasteiger partial charge in [-0.25, -0.2) is 13.1 Å². The molecule has 24 heavy (non-hydrogen) atoms. The normalized spacial score (nSPS) is 16.4. The van der Waals surface area contributed by atoms with Gasteiger partial charge in [0.1, 0.15) is 10.6 Å². The van der Waals surface area contributed by atoms with E-state index in [0.29, 0.717) is 0 Å². The molecule has 10 heteroatoms. The molecule has 136 valence electrons. The summed E-state index contributed by atoms with van der Waals surface area (Å²) >= 11 is 0. The highest BCUT2D eigenvalue weighted by Gasteiger charge is 2.30. The third-order valence-corrected chi connectivity index (χ3v) is 5.69. The number of hydrogen-bond acceptors (Lipinski definition) is 6. The number of nitrogens with two attached hydrogens (primary N) is 1. The van der Waals surface area contributed by atoms with Crippen LogP contribution in [0.2, 0.25) is 0 Å². The standard InChI is InChI=1S/C14H21N3O5S.ClH/c1-22-13-7-6-11(17(18)19)8-14(13)23(20,21)16-12(9-15)10-4-2-3-5-10;/h6-8,10,12,16H,2-5,9,15H2,1H3;1H. The molecule has 1 aliphatic carbocycles. The lowest BCUT2D eigenvalue weighted by atomic mass is 9.99. The number of hydrogen-bond donors (Lipinski definition) is 2. The monoisotopic (exact) mass is 379 g/mol. The average Bonchev–Trinajstić information content (AvgIpc) is 3.06. The molecule has 0 amide bonds. The third kappa shape index (κ3) is 4.56. The molecule has 3 N–H and O–H groups in total. The molecule has 1 aliphatic rings. The first-order chi connectivity index (χ1) is 10.9. The molecule has 0 saturated heterocycles. The summed E-state index contributed by atoms with van der Waals surface area (Å²) in [6, 6.07) is 3.10. The van der Waals surface area contributed by atoms with Gasteiger partial charge in [0.15, 0.2) is 0 Å². The number of ether oxygens (including phenoxy) is 1. The average molecular weight is 380 g/mol. The largest absolute Gasteiger partial charge is 0.495 e. The van der Waals surface area contributed by atoms with Gasteiger partial charge in [0, 0.05) is 24.7 Å². The second-order valence-electron chi connectivity index (χ2n) is 5.60. The maximum atomic E-state index is 12.6. The molecule has 1 aromatic rings. The van der Waals surface area contributed by atoms with E-state index in [1.165, 1.54) is 19.2 Å². The number of nitrogens with one attached hydrogen (secondary N) is 1. The van der Waals surface area contributed by atoms with Crippen molar-refractivity contribution in [2.45, 2.75) is 36.6 Å². The quantitative estimate of drug-likeness (QED) is 0.550. The zero-order valence-electron chi connectivity index (χ0n) is 13.3. The van der Waals surface area contributed by atoms with Crippen LogP contribution >= 0.6 is 12.4 Å². The summed E-state index contributed by atoms with van der Waals surface area (Å²) in [5.41, 5.74) is 5.41. The Bertz CT molecular complexity index is 677. The third-order valence-electron chi connectivity index (χ3n) is 4.18. The molecule has 0 aliphatic heterocycles. The van der Waals surface area contributed by atoms with Gasteiger partial charge in [0.25, 0.3) is 5.69 Å². The molecule has 1 saturated carbocycles. The fourth-order valence-corrected chi connectivity index (χ4v) is 4.45. The number of halogens is 1. The lowest BCUT2D eigenvalue weighted by Crippen LogP contribution is -2.44. The first-order valence-electron chi connectivity index (χ1n) is 7.44. The summed E-state index contributed by atoms with van der Waals surface area (Å²) < 4.78 is 32.9. The highest BCUT2D eigenvalue weighted by molar-refractivity contribution is 7.89. The van der Waals surface area contributed by atoms with Gasteiger partial charge in [-0.15, -0.1) is 12.4 Å². The Labute approximate surface area is 147 Å². The van der Waals surface area contributed by atoms with Crippen LogP contribution in [0.3, 0.4) is 0 Å². The second kappa shape index (κ2) is 8.61. The molecular formula is C14H22ClN3O5S.